The van der Waals surface area contributed by atoms with Crippen molar-refractivity contribution in [2.24, 2.45) is 0 Å². The molecule has 0 radical (unpaired) electrons. The summed E-state index contributed by atoms with van der Waals surface area (Å²) in [6, 6.07) is 4.64. The van der Waals surface area contributed by atoms with Gasteiger partial charge in [-0.05, 0) is 25.3 Å². The molecule has 1 aliphatic heterocycles. The third kappa shape index (κ3) is 3.08. The first-order valence-electron chi connectivity index (χ1n) is 6.63. The van der Waals surface area contributed by atoms with Crippen LogP contribution in [0.15, 0.2) is 28.0 Å². The quantitative estimate of drug-likeness (QED) is 0.757. The number of pyridine rings is 1. The molecule has 108 valence electrons. The Morgan fingerprint density at radius 3 is 2.60 bits per heavy atom. The lowest BCUT2D eigenvalue weighted by Crippen LogP contribution is -2.29. The van der Waals surface area contributed by atoms with Crippen molar-refractivity contribution in [2.45, 2.75) is 37.1 Å². The van der Waals surface area contributed by atoms with E-state index < -0.39 is 10.0 Å². The average Bonchev–Trinajstić information content (AvgIpc) is 2.95. The molecule has 6 nitrogen and oxygen atoms in total. The highest BCUT2D eigenvalue weighted by atomic mass is 32.2. The highest BCUT2D eigenvalue weighted by Crippen LogP contribution is 2.19. The maximum Gasteiger partial charge on any atom is 0.250 e. The van der Waals surface area contributed by atoms with Gasteiger partial charge in [0, 0.05) is 38.3 Å². The molecule has 20 heavy (non-hydrogen) atoms. The summed E-state index contributed by atoms with van der Waals surface area (Å²) < 4.78 is 27.6. The van der Waals surface area contributed by atoms with E-state index in [1.54, 1.807) is 0 Å². The van der Waals surface area contributed by atoms with Crippen molar-refractivity contribution in [3.05, 3.63) is 28.7 Å². The van der Waals surface area contributed by atoms with Crippen LogP contribution in [-0.2, 0) is 16.6 Å². The topological polar surface area (TPSA) is 83.2 Å². The third-order valence-electron chi connectivity index (χ3n) is 3.35. The summed E-state index contributed by atoms with van der Waals surface area (Å²) >= 11 is 0. The fraction of sp³-hybridized carbons (Fsp3) is 0.538. The zero-order valence-electron chi connectivity index (χ0n) is 11.2. The molecule has 7 heteroatoms. The van der Waals surface area contributed by atoms with Crippen molar-refractivity contribution >= 4 is 10.0 Å². The van der Waals surface area contributed by atoms with Gasteiger partial charge in [0.05, 0.1) is 11.0 Å². The molecule has 1 saturated heterocycles. The lowest BCUT2D eigenvalue weighted by molar-refractivity contribution is 0.475. The standard InChI is InChI=1S/C13H17N3O3S/c14-7-1-2-8-15-11-12(5-6-13(15)17)20(18,19)16-9-3-4-10-16/h5-6,11H,1-4,8-10H2. The number of hydrogen-bond acceptors (Lipinski definition) is 4. The van der Waals surface area contributed by atoms with Crippen molar-refractivity contribution < 1.29 is 8.42 Å². The first-order chi connectivity index (χ1) is 9.55. The third-order valence-corrected chi connectivity index (χ3v) is 5.23. The van der Waals surface area contributed by atoms with Gasteiger partial charge in [-0.3, -0.25) is 4.79 Å². The lowest BCUT2D eigenvalue weighted by Gasteiger charge is -2.16. The van der Waals surface area contributed by atoms with Crippen LogP contribution >= 0.6 is 0 Å². The van der Waals surface area contributed by atoms with Crippen LogP contribution in [0.25, 0.3) is 0 Å². The van der Waals surface area contributed by atoms with Crippen LogP contribution in [0.5, 0.6) is 0 Å². The lowest BCUT2D eigenvalue weighted by atomic mass is 10.3. The predicted octanol–water partition coefficient (Wildman–Crippen LogP) is 0.937. The first-order valence-corrected chi connectivity index (χ1v) is 8.07. The first kappa shape index (κ1) is 14.8. The molecule has 2 rings (SSSR count). The fourth-order valence-electron chi connectivity index (χ4n) is 2.24. The summed E-state index contributed by atoms with van der Waals surface area (Å²) in [5.41, 5.74) is -0.247. The van der Waals surface area contributed by atoms with Crippen LogP contribution in [0, 0.1) is 11.3 Å². The van der Waals surface area contributed by atoms with Crippen molar-refractivity contribution in [3.63, 3.8) is 0 Å². The summed E-state index contributed by atoms with van der Waals surface area (Å²) in [4.78, 5) is 11.8. The van der Waals surface area contributed by atoms with Gasteiger partial charge in [0.1, 0.15) is 0 Å². The molecule has 1 aromatic heterocycles. The van der Waals surface area contributed by atoms with Gasteiger partial charge in [-0.2, -0.15) is 9.57 Å². The Morgan fingerprint density at radius 2 is 1.95 bits per heavy atom. The summed E-state index contributed by atoms with van der Waals surface area (Å²) in [5.74, 6) is 0. The van der Waals surface area contributed by atoms with Gasteiger partial charge in [-0.25, -0.2) is 8.42 Å². The van der Waals surface area contributed by atoms with E-state index in [-0.39, 0.29) is 10.5 Å². The van der Waals surface area contributed by atoms with E-state index in [1.807, 2.05) is 6.07 Å². The summed E-state index contributed by atoms with van der Waals surface area (Å²) in [7, 11) is -3.50. The van der Waals surface area contributed by atoms with E-state index in [1.165, 1.54) is 27.2 Å². The van der Waals surface area contributed by atoms with Gasteiger partial charge in [0.25, 0.3) is 5.56 Å². The normalized spacial score (nSPS) is 16.1. The Hall–Kier alpha value is -1.65. The molecular weight excluding hydrogens is 278 g/mol. The Balaban J connectivity index is 2.26. The van der Waals surface area contributed by atoms with Gasteiger partial charge >= 0.3 is 0 Å². The van der Waals surface area contributed by atoms with E-state index in [0.29, 0.717) is 32.5 Å². The number of aromatic nitrogens is 1. The van der Waals surface area contributed by atoms with Gasteiger partial charge in [0.15, 0.2) is 0 Å². The Labute approximate surface area is 118 Å². The molecule has 0 unspecified atom stereocenters. The summed E-state index contributed by atoms with van der Waals surface area (Å²) in [6.45, 7) is 1.43. The number of aryl methyl sites for hydroxylation is 1. The molecule has 0 N–H and O–H groups in total. The predicted molar refractivity (Wildman–Crippen MR) is 73.5 cm³/mol. The Bertz CT molecular complexity index is 667. The Kier molecular flexibility index (Phi) is 4.57. The van der Waals surface area contributed by atoms with Crippen LogP contribution in [0.2, 0.25) is 0 Å². The maximum atomic E-state index is 12.4. The highest BCUT2D eigenvalue weighted by molar-refractivity contribution is 7.89. The van der Waals surface area contributed by atoms with Crippen LogP contribution < -0.4 is 5.56 Å². The fourth-order valence-corrected chi connectivity index (χ4v) is 3.78. The van der Waals surface area contributed by atoms with Gasteiger partial charge in [-0.15, -0.1) is 0 Å². The maximum absolute atomic E-state index is 12.4. The van der Waals surface area contributed by atoms with Crippen molar-refractivity contribution in [1.82, 2.24) is 8.87 Å². The van der Waals surface area contributed by atoms with Crippen LogP contribution in [0.1, 0.15) is 25.7 Å². The molecule has 0 aliphatic carbocycles. The second-order valence-corrected chi connectivity index (χ2v) is 6.71. The molecule has 0 atom stereocenters. The largest absolute Gasteiger partial charge is 0.314 e. The minimum absolute atomic E-state index is 0.149. The minimum Gasteiger partial charge on any atom is -0.314 e. The molecule has 0 amide bonds. The average molecular weight is 295 g/mol. The van der Waals surface area contributed by atoms with Crippen molar-refractivity contribution in [3.8, 4) is 6.07 Å². The van der Waals surface area contributed by atoms with Crippen LogP contribution in [0.3, 0.4) is 0 Å². The zero-order chi connectivity index (χ0) is 14.6. The Morgan fingerprint density at radius 1 is 1.25 bits per heavy atom. The number of nitriles is 1. The highest BCUT2D eigenvalue weighted by Gasteiger charge is 2.27. The summed E-state index contributed by atoms with van der Waals surface area (Å²) in [6.07, 6.45) is 4.01. The number of sulfonamides is 1. The van der Waals surface area contributed by atoms with Gasteiger partial charge in [-0.1, -0.05) is 0 Å². The van der Waals surface area contributed by atoms with E-state index in [4.69, 9.17) is 5.26 Å². The van der Waals surface area contributed by atoms with Crippen molar-refractivity contribution in [1.29, 1.82) is 5.26 Å². The van der Waals surface area contributed by atoms with E-state index in [0.717, 1.165) is 12.8 Å². The van der Waals surface area contributed by atoms with Gasteiger partial charge < -0.3 is 4.57 Å². The molecule has 1 aromatic rings. The molecule has 1 aliphatic rings. The molecule has 0 bridgehead atoms. The minimum atomic E-state index is -3.50. The molecular formula is C13H17N3O3S. The molecule has 1 fully saturated rings. The summed E-state index contributed by atoms with van der Waals surface area (Å²) in [5, 5.41) is 8.50. The monoisotopic (exact) mass is 295 g/mol. The van der Waals surface area contributed by atoms with E-state index in [9.17, 15) is 13.2 Å². The number of unbranched alkanes of at least 4 members (excludes halogenated alkanes) is 1. The number of hydrogen-bond donors (Lipinski definition) is 0. The van der Waals surface area contributed by atoms with E-state index in [2.05, 4.69) is 0 Å². The number of nitrogens with zero attached hydrogens (tertiary/aromatic N) is 3. The van der Waals surface area contributed by atoms with E-state index >= 15 is 0 Å². The van der Waals surface area contributed by atoms with Crippen molar-refractivity contribution in [2.75, 3.05) is 13.1 Å². The van der Waals surface area contributed by atoms with Crippen LogP contribution in [0.4, 0.5) is 0 Å². The van der Waals surface area contributed by atoms with Gasteiger partial charge in [0.2, 0.25) is 10.0 Å². The zero-order valence-corrected chi connectivity index (χ0v) is 12.0. The second kappa shape index (κ2) is 6.20. The molecule has 0 aromatic carbocycles. The molecule has 0 spiro atoms. The molecule has 0 saturated carbocycles. The van der Waals surface area contributed by atoms with Crippen LogP contribution in [-0.4, -0.2) is 30.4 Å². The number of rotatable bonds is 5. The second-order valence-electron chi connectivity index (χ2n) is 4.77. The smallest absolute Gasteiger partial charge is 0.250 e. The SMILES string of the molecule is N#CCCCn1cc(S(=O)(=O)N2CCCC2)ccc1=O. The molecule has 2 heterocycles.